The van der Waals surface area contributed by atoms with Crippen LogP contribution in [0.2, 0.25) is 0 Å². The summed E-state index contributed by atoms with van der Waals surface area (Å²) in [5.74, 6) is 2.29. The van der Waals surface area contributed by atoms with Crippen molar-refractivity contribution in [1.29, 1.82) is 0 Å². The van der Waals surface area contributed by atoms with E-state index >= 15 is 0 Å². The Kier molecular flexibility index (Phi) is 7.90. The van der Waals surface area contributed by atoms with Gasteiger partial charge in [0.2, 0.25) is 0 Å². The van der Waals surface area contributed by atoms with Crippen LogP contribution < -0.4 is 10.7 Å². The summed E-state index contributed by atoms with van der Waals surface area (Å²) in [5.41, 5.74) is 9.20. The first-order chi connectivity index (χ1) is 31.2. The topological polar surface area (TPSA) is 66.3 Å². The molecule has 0 amide bonds. The van der Waals surface area contributed by atoms with Gasteiger partial charge in [-0.05, 0) is 118 Å². The minimum atomic E-state index is 0.711. The zero-order chi connectivity index (χ0) is 41.4. The van der Waals surface area contributed by atoms with Gasteiger partial charge in [0, 0.05) is 22.6 Å². The number of benzene rings is 8. The SMILES string of the molecule is C1=c2nc(-c3cc(-c4nc5ccccc5n4-c4ccc5ccccc5c4)cc(-c4nc5ccccc5n4-c4ccc5ccccc5c4)n3)n(-c3ccc4ccccc4c3)c2=CCC1. The van der Waals surface area contributed by atoms with Crippen molar-refractivity contribution < 1.29 is 0 Å². The predicted octanol–water partition coefficient (Wildman–Crippen LogP) is 11.8. The van der Waals surface area contributed by atoms with Gasteiger partial charge in [-0.3, -0.25) is 13.7 Å². The molecule has 0 unspecified atom stereocenters. The number of nitrogens with zero attached hydrogens (tertiary/aromatic N) is 7. The maximum Gasteiger partial charge on any atom is 0.164 e. The highest BCUT2D eigenvalue weighted by Gasteiger charge is 2.24. The summed E-state index contributed by atoms with van der Waals surface area (Å²) in [6.45, 7) is 0. The lowest BCUT2D eigenvalue weighted by atomic mass is 10.1. The fourth-order valence-corrected chi connectivity index (χ4v) is 9.45. The van der Waals surface area contributed by atoms with Crippen molar-refractivity contribution in [1.82, 2.24) is 33.6 Å². The van der Waals surface area contributed by atoms with Crippen molar-refractivity contribution in [2.75, 3.05) is 0 Å². The molecule has 296 valence electrons. The van der Waals surface area contributed by atoms with Crippen molar-refractivity contribution in [3.8, 4) is 51.5 Å². The average molecular weight is 808 g/mol. The van der Waals surface area contributed by atoms with Crippen molar-refractivity contribution >= 4 is 66.5 Å². The van der Waals surface area contributed by atoms with Gasteiger partial charge < -0.3 is 0 Å². The number of para-hydroxylation sites is 4. The molecule has 13 rings (SSSR count). The quantitative estimate of drug-likeness (QED) is 0.168. The third-order valence-corrected chi connectivity index (χ3v) is 12.4. The number of rotatable bonds is 6. The van der Waals surface area contributed by atoms with E-state index in [1.165, 1.54) is 21.5 Å². The third kappa shape index (κ3) is 5.81. The number of hydrogen-bond donors (Lipinski definition) is 0. The molecule has 7 nitrogen and oxygen atoms in total. The summed E-state index contributed by atoms with van der Waals surface area (Å²) >= 11 is 0. The van der Waals surface area contributed by atoms with Crippen LogP contribution in [0.15, 0.2) is 188 Å². The summed E-state index contributed by atoms with van der Waals surface area (Å²) in [6.07, 6.45) is 6.44. The van der Waals surface area contributed by atoms with Crippen LogP contribution >= 0.6 is 0 Å². The minimum absolute atomic E-state index is 0.711. The number of aromatic nitrogens is 7. The van der Waals surface area contributed by atoms with Crippen molar-refractivity contribution in [3.63, 3.8) is 0 Å². The second kappa shape index (κ2) is 14.1. The Bertz CT molecular complexity index is 3770. The number of fused-ring (bicyclic) bond motifs is 6. The van der Waals surface area contributed by atoms with Crippen LogP contribution in [0.25, 0.3) is 118 Å². The molecular formula is C56H37N7. The van der Waals surface area contributed by atoms with Crippen LogP contribution in [-0.4, -0.2) is 33.6 Å². The Morgan fingerprint density at radius 2 is 0.762 bits per heavy atom. The van der Waals surface area contributed by atoms with Gasteiger partial charge in [-0.25, -0.2) is 19.9 Å². The zero-order valence-corrected chi connectivity index (χ0v) is 34.1. The molecule has 1 aliphatic rings. The minimum Gasteiger partial charge on any atom is -0.292 e. The second-order valence-electron chi connectivity index (χ2n) is 16.3. The molecule has 4 aromatic heterocycles. The first-order valence-electron chi connectivity index (χ1n) is 21.5. The summed E-state index contributed by atoms with van der Waals surface area (Å²) < 4.78 is 6.80. The van der Waals surface area contributed by atoms with Crippen molar-refractivity contribution in [2.24, 2.45) is 0 Å². The van der Waals surface area contributed by atoms with Gasteiger partial charge in [0.15, 0.2) is 11.6 Å². The molecular weight excluding hydrogens is 771 g/mol. The van der Waals surface area contributed by atoms with Gasteiger partial charge >= 0.3 is 0 Å². The highest BCUT2D eigenvalue weighted by Crippen LogP contribution is 2.37. The Morgan fingerprint density at radius 1 is 0.333 bits per heavy atom. The number of imidazole rings is 3. The van der Waals surface area contributed by atoms with Gasteiger partial charge in [0.05, 0.1) is 32.8 Å². The molecule has 63 heavy (non-hydrogen) atoms. The normalized spacial score (nSPS) is 12.6. The van der Waals surface area contributed by atoms with Gasteiger partial charge in [-0.2, -0.15) is 0 Å². The van der Waals surface area contributed by atoms with E-state index in [1.54, 1.807) is 0 Å². The molecule has 0 saturated carbocycles. The Labute approximate surface area is 361 Å². The second-order valence-corrected chi connectivity index (χ2v) is 16.3. The molecule has 12 aromatic rings. The van der Waals surface area contributed by atoms with E-state index in [2.05, 4.69) is 208 Å². The fraction of sp³-hybridized carbons (Fsp3) is 0.0357. The molecule has 1 aliphatic carbocycles. The molecule has 4 heterocycles. The molecule has 0 bridgehead atoms. The molecule has 0 spiro atoms. The van der Waals surface area contributed by atoms with Crippen LogP contribution in [0.1, 0.15) is 12.8 Å². The summed E-state index contributed by atoms with van der Waals surface area (Å²) in [4.78, 5) is 21.8. The zero-order valence-electron chi connectivity index (χ0n) is 34.1. The maximum absolute atomic E-state index is 5.60. The Balaban J connectivity index is 1.12. The number of pyridine rings is 1. The summed E-state index contributed by atoms with van der Waals surface area (Å²) in [6, 6.07) is 66.4. The van der Waals surface area contributed by atoms with Crippen LogP contribution in [-0.2, 0) is 0 Å². The van der Waals surface area contributed by atoms with Crippen molar-refractivity contribution in [2.45, 2.75) is 12.8 Å². The third-order valence-electron chi connectivity index (χ3n) is 12.4. The fourth-order valence-electron chi connectivity index (χ4n) is 9.45. The standard InChI is InChI=1S/C56H37N7/c1-4-16-39-31-43(28-25-36(39)13-1)61-51-22-10-7-19-46(51)58-54(61)42-34-49(55-59-47-20-8-11-23-52(47)62(55)44-29-26-37-14-2-5-17-40(37)32-44)57-50(35-42)56-60-48-21-9-12-24-53(48)63(56)45-30-27-38-15-3-6-18-41(38)33-45/h1-8,10-11,13-35H,9,12H2. The van der Waals surface area contributed by atoms with Crippen LogP contribution in [0.4, 0.5) is 0 Å². The molecule has 8 aromatic carbocycles. The van der Waals surface area contributed by atoms with E-state index in [0.29, 0.717) is 5.69 Å². The first kappa shape index (κ1) is 35.3. The van der Waals surface area contributed by atoms with E-state index in [4.69, 9.17) is 19.9 Å². The molecule has 0 atom stereocenters. The molecule has 0 fully saturated rings. The number of hydrogen-bond acceptors (Lipinski definition) is 4. The van der Waals surface area contributed by atoms with Crippen LogP contribution in [0.5, 0.6) is 0 Å². The monoisotopic (exact) mass is 807 g/mol. The van der Waals surface area contributed by atoms with E-state index in [1.807, 2.05) is 6.07 Å². The lowest BCUT2D eigenvalue weighted by molar-refractivity contribution is 0.996. The van der Waals surface area contributed by atoms with Gasteiger partial charge in [0.1, 0.15) is 17.2 Å². The Hall–Kier alpha value is -8.42. The highest BCUT2D eigenvalue weighted by molar-refractivity contribution is 5.91. The summed E-state index contributed by atoms with van der Waals surface area (Å²) in [5, 5.41) is 9.08. The molecule has 0 N–H and O–H groups in total. The lowest BCUT2D eigenvalue weighted by Gasteiger charge is -2.15. The maximum atomic E-state index is 5.60. The van der Waals surface area contributed by atoms with E-state index in [0.717, 1.165) is 102 Å². The lowest BCUT2D eigenvalue weighted by Crippen LogP contribution is -2.31. The molecule has 0 radical (unpaired) electrons. The predicted molar refractivity (Wildman–Crippen MR) is 257 cm³/mol. The largest absolute Gasteiger partial charge is 0.292 e. The first-order valence-corrected chi connectivity index (χ1v) is 21.5. The van der Waals surface area contributed by atoms with E-state index in [-0.39, 0.29) is 0 Å². The molecule has 0 aliphatic heterocycles. The average Bonchev–Trinajstić information content (AvgIpc) is 4.06. The van der Waals surface area contributed by atoms with Crippen molar-refractivity contribution in [3.05, 3.63) is 199 Å². The molecule has 7 heteroatoms. The molecule has 0 saturated heterocycles. The van der Waals surface area contributed by atoms with E-state index < -0.39 is 0 Å². The van der Waals surface area contributed by atoms with Gasteiger partial charge in [0.25, 0.3) is 0 Å². The van der Waals surface area contributed by atoms with Gasteiger partial charge in [-0.1, -0.05) is 127 Å². The smallest absolute Gasteiger partial charge is 0.164 e. The van der Waals surface area contributed by atoms with Crippen LogP contribution in [0, 0.1) is 0 Å². The summed E-state index contributed by atoms with van der Waals surface area (Å²) in [7, 11) is 0. The van der Waals surface area contributed by atoms with Crippen LogP contribution in [0.3, 0.4) is 0 Å². The Morgan fingerprint density at radius 3 is 1.32 bits per heavy atom. The highest BCUT2D eigenvalue weighted by atomic mass is 15.1. The van der Waals surface area contributed by atoms with E-state index in [9.17, 15) is 0 Å². The van der Waals surface area contributed by atoms with Gasteiger partial charge in [-0.15, -0.1) is 0 Å².